The molecule has 1 atom stereocenters. The van der Waals surface area contributed by atoms with E-state index in [4.69, 9.17) is 26.2 Å². The molecule has 0 aliphatic heterocycles. The minimum atomic E-state index is -1.18. The van der Waals surface area contributed by atoms with Crippen molar-refractivity contribution in [2.75, 3.05) is 19.1 Å². The third-order valence-corrected chi connectivity index (χ3v) is 1.02. The summed E-state index contributed by atoms with van der Waals surface area (Å²) < 4.78 is 9.46. The number of carbonyl (C=O) groups is 1. The van der Waals surface area contributed by atoms with Crippen molar-refractivity contribution in [2.24, 2.45) is 0 Å². The van der Waals surface area contributed by atoms with Gasteiger partial charge in [0.2, 0.25) is 0 Å². The largest absolute Gasteiger partial charge is 0.477 e. The van der Waals surface area contributed by atoms with E-state index < -0.39 is 12.3 Å². The number of halogens is 1. The second kappa shape index (κ2) is 6.39. The zero-order valence-corrected chi connectivity index (χ0v) is 7.00. The van der Waals surface area contributed by atoms with Gasteiger partial charge in [0.15, 0.2) is 0 Å². The highest BCUT2D eigenvalue weighted by molar-refractivity contribution is 6.17. The van der Waals surface area contributed by atoms with Crippen molar-refractivity contribution in [1.82, 2.24) is 0 Å². The van der Waals surface area contributed by atoms with Gasteiger partial charge in [-0.25, -0.2) is 4.79 Å². The van der Waals surface area contributed by atoms with Crippen LogP contribution >= 0.6 is 11.6 Å². The van der Waals surface area contributed by atoms with Gasteiger partial charge in [-0.15, -0.1) is 11.6 Å². The Labute approximate surface area is 70.1 Å². The van der Waals surface area contributed by atoms with Crippen LogP contribution in [0.15, 0.2) is 0 Å². The van der Waals surface area contributed by atoms with Crippen molar-refractivity contribution < 1.29 is 19.4 Å². The quantitative estimate of drug-likeness (QED) is 0.485. The standard InChI is InChI=1S/C6H11ClO4/c1-2-10-6(5(8)9)11-4-3-7/h6H,2-4H2,1H3,(H,8,9). The van der Waals surface area contributed by atoms with Crippen LogP contribution < -0.4 is 0 Å². The second-order valence-corrected chi connectivity index (χ2v) is 2.06. The van der Waals surface area contributed by atoms with Crippen LogP contribution in [0.2, 0.25) is 0 Å². The van der Waals surface area contributed by atoms with Crippen LogP contribution in [-0.2, 0) is 14.3 Å². The molecule has 5 heteroatoms. The van der Waals surface area contributed by atoms with Gasteiger partial charge in [-0.05, 0) is 6.92 Å². The predicted octanol–water partition coefficient (Wildman–Crippen LogP) is 0.689. The van der Waals surface area contributed by atoms with Gasteiger partial charge >= 0.3 is 5.97 Å². The summed E-state index contributed by atoms with van der Waals surface area (Å²) in [5.74, 6) is -0.867. The Morgan fingerprint density at radius 2 is 2.27 bits per heavy atom. The maximum atomic E-state index is 10.3. The lowest BCUT2D eigenvalue weighted by Gasteiger charge is -2.11. The number of hydrogen-bond acceptors (Lipinski definition) is 3. The topological polar surface area (TPSA) is 55.8 Å². The van der Waals surface area contributed by atoms with Gasteiger partial charge < -0.3 is 14.6 Å². The fourth-order valence-electron chi connectivity index (χ4n) is 0.494. The third kappa shape index (κ3) is 5.01. The van der Waals surface area contributed by atoms with Crippen molar-refractivity contribution in [3.05, 3.63) is 0 Å². The summed E-state index contributed by atoms with van der Waals surface area (Å²) >= 11 is 5.28. The average Bonchev–Trinajstić information content (AvgIpc) is 1.97. The first-order chi connectivity index (χ1) is 5.22. The molecule has 1 unspecified atom stereocenters. The van der Waals surface area contributed by atoms with Gasteiger partial charge in [0.1, 0.15) is 0 Å². The van der Waals surface area contributed by atoms with E-state index in [1.165, 1.54) is 0 Å². The van der Waals surface area contributed by atoms with E-state index in [1.54, 1.807) is 6.92 Å². The molecule has 11 heavy (non-hydrogen) atoms. The van der Waals surface area contributed by atoms with Gasteiger partial charge in [-0.1, -0.05) is 0 Å². The number of ether oxygens (including phenoxy) is 2. The maximum absolute atomic E-state index is 10.3. The molecule has 4 nitrogen and oxygen atoms in total. The average molecular weight is 183 g/mol. The van der Waals surface area contributed by atoms with E-state index in [-0.39, 0.29) is 12.5 Å². The lowest BCUT2D eigenvalue weighted by molar-refractivity contribution is -0.187. The molecule has 0 heterocycles. The summed E-state index contributed by atoms with van der Waals surface area (Å²) in [6, 6.07) is 0. The predicted molar refractivity (Wildman–Crippen MR) is 39.7 cm³/mol. The minimum Gasteiger partial charge on any atom is -0.477 e. The van der Waals surface area contributed by atoms with Crippen LogP contribution in [0, 0.1) is 0 Å². The molecule has 1 N–H and O–H groups in total. The molecule has 0 aliphatic rings. The molecule has 0 aromatic heterocycles. The molecule has 0 aromatic carbocycles. The molecular formula is C6H11ClO4. The summed E-state index contributed by atoms with van der Waals surface area (Å²) in [5, 5.41) is 8.44. The van der Waals surface area contributed by atoms with Crippen molar-refractivity contribution in [3.8, 4) is 0 Å². The van der Waals surface area contributed by atoms with Crippen molar-refractivity contribution in [1.29, 1.82) is 0 Å². The van der Waals surface area contributed by atoms with E-state index in [0.717, 1.165) is 0 Å². The fourth-order valence-corrected chi connectivity index (χ4v) is 0.583. The van der Waals surface area contributed by atoms with Crippen LogP contribution in [0.25, 0.3) is 0 Å². The van der Waals surface area contributed by atoms with Crippen LogP contribution in [0.5, 0.6) is 0 Å². The smallest absolute Gasteiger partial charge is 0.361 e. The molecule has 0 fully saturated rings. The van der Waals surface area contributed by atoms with E-state index in [1.807, 2.05) is 0 Å². The summed E-state index contributed by atoms with van der Waals surface area (Å²) in [6.07, 6.45) is -1.18. The molecule has 0 saturated carbocycles. The Hall–Kier alpha value is -0.320. The number of carboxylic acid groups (broad SMARTS) is 1. The van der Waals surface area contributed by atoms with E-state index in [9.17, 15) is 4.79 Å². The molecule has 0 spiro atoms. The van der Waals surface area contributed by atoms with Crippen molar-refractivity contribution >= 4 is 17.6 Å². The van der Waals surface area contributed by atoms with E-state index in [2.05, 4.69) is 0 Å². The zero-order valence-electron chi connectivity index (χ0n) is 6.25. The molecule has 0 aromatic rings. The number of rotatable bonds is 6. The van der Waals surface area contributed by atoms with Crippen molar-refractivity contribution in [3.63, 3.8) is 0 Å². The Balaban J connectivity index is 3.60. The number of alkyl halides is 1. The SMILES string of the molecule is CCOC(OCCCl)C(=O)O. The van der Waals surface area contributed by atoms with Crippen LogP contribution in [-0.4, -0.2) is 36.5 Å². The van der Waals surface area contributed by atoms with Gasteiger partial charge in [0.25, 0.3) is 6.29 Å². The molecule has 0 amide bonds. The van der Waals surface area contributed by atoms with E-state index in [0.29, 0.717) is 6.61 Å². The van der Waals surface area contributed by atoms with Gasteiger partial charge in [0, 0.05) is 12.5 Å². The first-order valence-corrected chi connectivity index (χ1v) is 3.77. The van der Waals surface area contributed by atoms with Gasteiger partial charge in [-0.3, -0.25) is 0 Å². The number of hydrogen-bond donors (Lipinski definition) is 1. The molecule has 66 valence electrons. The minimum absolute atomic E-state index is 0.179. The Morgan fingerprint density at radius 3 is 2.64 bits per heavy atom. The first kappa shape index (κ1) is 10.7. The third-order valence-electron chi connectivity index (χ3n) is 0.866. The molecular weight excluding hydrogens is 172 g/mol. The highest BCUT2D eigenvalue weighted by Crippen LogP contribution is 1.95. The van der Waals surface area contributed by atoms with Crippen LogP contribution in [0.4, 0.5) is 0 Å². The highest BCUT2D eigenvalue weighted by Gasteiger charge is 2.16. The Morgan fingerprint density at radius 1 is 1.64 bits per heavy atom. The first-order valence-electron chi connectivity index (χ1n) is 3.24. The molecule has 0 rings (SSSR count). The van der Waals surface area contributed by atoms with Gasteiger partial charge in [-0.2, -0.15) is 0 Å². The zero-order chi connectivity index (χ0) is 8.69. The van der Waals surface area contributed by atoms with Gasteiger partial charge in [0.05, 0.1) is 6.61 Å². The summed E-state index contributed by atoms with van der Waals surface area (Å²) in [4.78, 5) is 10.3. The molecule has 0 aliphatic carbocycles. The Kier molecular flexibility index (Phi) is 6.21. The Bertz CT molecular complexity index is 117. The second-order valence-electron chi connectivity index (χ2n) is 1.69. The lowest BCUT2D eigenvalue weighted by Crippen LogP contribution is -2.27. The fraction of sp³-hybridized carbons (Fsp3) is 0.833. The summed E-state index contributed by atoms with van der Waals surface area (Å²) in [5.41, 5.74) is 0. The molecule has 0 radical (unpaired) electrons. The van der Waals surface area contributed by atoms with Crippen molar-refractivity contribution in [2.45, 2.75) is 13.2 Å². The maximum Gasteiger partial charge on any atom is 0.361 e. The van der Waals surface area contributed by atoms with E-state index >= 15 is 0 Å². The summed E-state index contributed by atoms with van der Waals surface area (Å²) in [7, 11) is 0. The van der Waals surface area contributed by atoms with Crippen LogP contribution in [0.1, 0.15) is 6.92 Å². The molecule has 0 bridgehead atoms. The number of aliphatic carboxylic acids is 1. The molecule has 0 saturated heterocycles. The van der Waals surface area contributed by atoms with Crippen LogP contribution in [0.3, 0.4) is 0 Å². The number of carboxylic acids is 1. The lowest BCUT2D eigenvalue weighted by atomic mass is 10.6. The normalized spacial score (nSPS) is 12.9. The summed E-state index contributed by atoms with van der Waals surface area (Å²) in [6.45, 7) is 2.18. The monoisotopic (exact) mass is 182 g/mol. The highest BCUT2D eigenvalue weighted by atomic mass is 35.5.